The standard InChI is InChI=1S/C36H45ClF3N3O6S/c1-24-20-43(25(2)23-44)35(45)32-19-30(41-50(46,47)31-15-12-29(37)13-16-31)14-17-33(32)49-26(3)7-5-6-18-48-34(24)22-42(4)21-27-8-10-28(11-9-27)36(38,39)40/h8-17,19,24-26,34,41,44H,5-7,18,20-23H2,1-4H3/t24-,25-,26+,34+/m1/s1. The van der Waals surface area contributed by atoms with Crippen LogP contribution in [0.5, 0.6) is 5.75 Å². The lowest BCUT2D eigenvalue weighted by Gasteiger charge is -2.36. The smallest absolute Gasteiger partial charge is 0.416 e. The number of aliphatic hydroxyl groups excluding tert-OH is 1. The van der Waals surface area contributed by atoms with Gasteiger partial charge in [-0.1, -0.05) is 30.7 Å². The third-order valence-electron chi connectivity index (χ3n) is 8.65. The molecule has 274 valence electrons. The number of nitrogens with zero attached hydrogens (tertiary/aromatic N) is 2. The number of nitrogens with one attached hydrogen (secondary N) is 1. The first-order valence-corrected chi connectivity index (χ1v) is 18.4. The zero-order valence-electron chi connectivity index (χ0n) is 28.6. The van der Waals surface area contributed by atoms with Crippen LogP contribution in [0.2, 0.25) is 5.02 Å². The normalized spacial score (nSPS) is 20.5. The Balaban J connectivity index is 1.61. The third kappa shape index (κ3) is 10.8. The van der Waals surface area contributed by atoms with E-state index in [1.54, 1.807) is 13.0 Å². The van der Waals surface area contributed by atoms with Gasteiger partial charge < -0.3 is 19.5 Å². The number of carbonyl (C=O) groups excluding carboxylic acids is 1. The van der Waals surface area contributed by atoms with E-state index in [-0.39, 0.29) is 47.4 Å². The van der Waals surface area contributed by atoms with Crippen molar-refractivity contribution in [1.82, 2.24) is 9.80 Å². The van der Waals surface area contributed by atoms with Crippen molar-refractivity contribution in [3.8, 4) is 5.75 Å². The Morgan fingerprint density at radius 1 is 1.06 bits per heavy atom. The number of likely N-dealkylation sites (N-methyl/N-ethyl adjacent to an activating group) is 1. The van der Waals surface area contributed by atoms with Crippen molar-refractivity contribution in [1.29, 1.82) is 0 Å². The van der Waals surface area contributed by atoms with Crippen molar-refractivity contribution in [2.75, 3.05) is 38.1 Å². The molecule has 0 bridgehead atoms. The molecule has 0 aromatic heterocycles. The van der Waals surface area contributed by atoms with E-state index in [0.717, 1.165) is 25.0 Å². The van der Waals surface area contributed by atoms with Crippen LogP contribution in [0.15, 0.2) is 71.6 Å². The summed E-state index contributed by atoms with van der Waals surface area (Å²) in [6.45, 7) is 6.71. The minimum absolute atomic E-state index is 0.00290. The van der Waals surface area contributed by atoms with Gasteiger partial charge in [-0.2, -0.15) is 13.2 Å². The molecule has 0 radical (unpaired) electrons. The molecule has 1 heterocycles. The fraction of sp³-hybridized carbons (Fsp3) is 0.472. The molecule has 0 spiro atoms. The first-order chi connectivity index (χ1) is 23.6. The highest BCUT2D eigenvalue weighted by Gasteiger charge is 2.32. The van der Waals surface area contributed by atoms with E-state index in [9.17, 15) is 31.5 Å². The van der Waals surface area contributed by atoms with E-state index in [4.69, 9.17) is 21.1 Å². The lowest BCUT2D eigenvalue weighted by atomic mass is 10.0. The number of anilines is 1. The Hall–Kier alpha value is -3.36. The molecule has 4 atom stereocenters. The van der Waals surface area contributed by atoms with Gasteiger partial charge in [0.1, 0.15) is 5.75 Å². The molecule has 0 aliphatic carbocycles. The predicted octanol–water partition coefficient (Wildman–Crippen LogP) is 7.09. The summed E-state index contributed by atoms with van der Waals surface area (Å²) < 4.78 is 80.7. The number of benzene rings is 3. The van der Waals surface area contributed by atoms with E-state index in [1.165, 1.54) is 53.4 Å². The highest BCUT2D eigenvalue weighted by atomic mass is 35.5. The van der Waals surface area contributed by atoms with Gasteiger partial charge in [0.25, 0.3) is 15.9 Å². The number of fused-ring (bicyclic) bond motifs is 1. The Morgan fingerprint density at radius 3 is 2.38 bits per heavy atom. The second-order valence-electron chi connectivity index (χ2n) is 13.0. The van der Waals surface area contributed by atoms with Gasteiger partial charge >= 0.3 is 6.18 Å². The molecule has 0 fully saturated rings. The zero-order chi connectivity index (χ0) is 36.6. The number of sulfonamides is 1. The summed E-state index contributed by atoms with van der Waals surface area (Å²) >= 11 is 5.94. The number of aliphatic hydroxyl groups is 1. The molecule has 1 aliphatic rings. The summed E-state index contributed by atoms with van der Waals surface area (Å²) in [6.07, 6.45) is -2.82. The van der Waals surface area contributed by atoms with Gasteiger partial charge in [0.2, 0.25) is 0 Å². The SMILES string of the molecule is C[C@@H]1CN([C@H](C)CO)C(=O)c2cc(NS(=O)(=O)c3ccc(Cl)cc3)ccc2O[C@@H](C)CCCCO[C@H]1CN(C)Cc1ccc(C(F)(F)F)cc1. The average molecular weight is 740 g/mol. The number of halogens is 4. The van der Waals surface area contributed by atoms with Crippen molar-refractivity contribution in [2.24, 2.45) is 5.92 Å². The number of rotatable bonds is 9. The predicted molar refractivity (Wildman–Crippen MR) is 187 cm³/mol. The summed E-state index contributed by atoms with van der Waals surface area (Å²) in [6, 6.07) is 14.7. The first kappa shape index (κ1) is 39.4. The number of alkyl halides is 3. The number of amides is 1. The summed E-state index contributed by atoms with van der Waals surface area (Å²) in [5.41, 5.74) is 0.296. The second kappa shape index (κ2) is 17.2. The maximum Gasteiger partial charge on any atom is 0.416 e. The first-order valence-electron chi connectivity index (χ1n) is 16.5. The van der Waals surface area contributed by atoms with E-state index >= 15 is 0 Å². The lowest BCUT2D eigenvalue weighted by Crippen LogP contribution is -2.47. The third-order valence-corrected chi connectivity index (χ3v) is 10.3. The molecular weight excluding hydrogens is 695 g/mol. The molecule has 2 N–H and O–H groups in total. The van der Waals surface area contributed by atoms with Crippen molar-refractivity contribution >= 4 is 33.2 Å². The van der Waals surface area contributed by atoms with Crippen molar-refractivity contribution in [3.63, 3.8) is 0 Å². The summed E-state index contributed by atoms with van der Waals surface area (Å²) in [4.78, 5) is 17.9. The van der Waals surface area contributed by atoms with E-state index in [0.29, 0.717) is 42.5 Å². The van der Waals surface area contributed by atoms with Crippen LogP contribution in [-0.4, -0.2) is 80.8 Å². The fourth-order valence-corrected chi connectivity index (χ4v) is 6.93. The van der Waals surface area contributed by atoms with Gasteiger partial charge in [0, 0.05) is 42.9 Å². The number of carbonyl (C=O) groups is 1. The highest BCUT2D eigenvalue weighted by Crippen LogP contribution is 2.31. The van der Waals surface area contributed by atoms with E-state index in [2.05, 4.69) is 4.72 Å². The lowest BCUT2D eigenvalue weighted by molar-refractivity contribution is -0.137. The van der Waals surface area contributed by atoms with Crippen molar-refractivity contribution in [2.45, 2.75) is 75.9 Å². The highest BCUT2D eigenvalue weighted by molar-refractivity contribution is 7.92. The Bertz CT molecular complexity index is 1680. The van der Waals surface area contributed by atoms with Crippen LogP contribution in [0, 0.1) is 5.92 Å². The van der Waals surface area contributed by atoms with Gasteiger partial charge in [-0.3, -0.25) is 14.4 Å². The monoisotopic (exact) mass is 739 g/mol. The van der Waals surface area contributed by atoms with Crippen LogP contribution in [-0.2, 0) is 27.5 Å². The van der Waals surface area contributed by atoms with Crippen LogP contribution in [0.3, 0.4) is 0 Å². The molecule has 0 saturated heterocycles. The average Bonchev–Trinajstić information content (AvgIpc) is 3.06. The van der Waals surface area contributed by atoms with Crippen LogP contribution in [0.25, 0.3) is 0 Å². The Kier molecular flexibility index (Phi) is 13.6. The Morgan fingerprint density at radius 2 is 1.74 bits per heavy atom. The fourth-order valence-electron chi connectivity index (χ4n) is 5.76. The summed E-state index contributed by atoms with van der Waals surface area (Å²) in [5.74, 6) is -0.399. The van der Waals surface area contributed by atoms with Crippen molar-refractivity contribution in [3.05, 3.63) is 88.4 Å². The van der Waals surface area contributed by atoms with Crippen LogP contribution in [0.4, 0.5) is 18.9 Å². The Labute approximate surface area is 297 Å². The molecule has 1 aliphatic heterocycles. The molecule has 4 rings (SSSR count). The molecule has 3 aromatic rings. The molecule has 1 amide bonds. The summed E-state index contributed by atoms with van der Waals surface area (Å²) in [5, 5.41) is 10.6. The number of hydrogen-bond acceptors (Lipinski definition) is 7. The zero-order valence-corrected chi connectivity index (χ0v) is 30.2. The van der Waals surface area contributed by atoms with E-state index < -0.39 is 33.7 Å². The summed E-state index contributed by atoms with van der Waals surface area (Å²) in [7, 11) is -2.15. The number of ether oxygens (including phenoxy) is 2. The molecular formula is C36H45ClF3N3O6S. The molecule has 14 heteroatoms. The second-order valence-corrected chi connectivity index (χ2v) is 15.1. The largest absolute Gasteiger partial charge is 0.490 e. The number of hydrogen-bond donors (Lipinski definition) is 2. The van der Waals surface area contributed by atoms with Crippen molar-refractivity contribution < 1.29 is 41.0 Å². The molecule has 50 heavy (non-hydrogen) atoms. The van der Waals surface area contributed by atoms with E-state index in [1.807, 2.05) is 25.8 Å². The maximum absolute atomic E-state index is 14.4. The molecule has 0 saturated carbocycles. The van der Waals surface area contributed by atoms with Crippen LogP contribution in [0.1, 0.15) is 61.5 Å². The molecule has 0 unspecified atom stereocenters. The van der Waals surface area contributed by atoms with Gasteiger partial charge in [0.15, 0.2) is 0 Å². The van der Waals surface area contributed by atoms with Gasteiger partial charge in [-0.15, -0.1) is 0 Å². The van der Waals surface area contributed by atoms with Crippen LogP contribution < -0.4 is 9.46 Å². The van der Waals surface area contributed by atoms with Gasteiger partial charge in [-0.05, 0) is 100 Å². The van der Waals surface area contributed by atoms with Gasteiger partial charge in [0.05, 0.1) is 40.9 Å². The minimum Gasteiger partial charge on any atom is -0.490 e. The quantitative estimate of drug-likeness (QED) is 0.241. The molecule has 9 nitrogen and oxygen atoms in total. The van der Waals surface area contributed by atoms with Crippen LogP contribution >= 0.6 is 11.6 Å². The maximum atomic E-state index is 14.4. The minimum atomic E-state index is -4.41. The van der Waals surface area contributed by atoms with Gasteiger partial charge in [-0.25, -0.2) is 8.42 Å². The topological polar surface area (TPSA) is 108 Å². The molecule has 3 aromatic carbocycles.